The minimum absolute atomic E-state index is 0. The van der Waals surface area contributed by atoms with Crippen molar-refractivity contribution in [3.8, 4) is 0 Å². The fourth-order valence-electron chi connectivity index (χ4n) is 10.3. The van der Waals surface area contributed by atoms with Gasteiger partial charge in [-0.1, -0.05) is 197 Å². The highest BCUT2D eigenvalue weighted by molar-refractivity contribution is 7.98. The summed E-state index contributed by atoms with van der Waals surface area (Å²) in [5, 5.41) is 0. The monoisotopic (exact) mass is 1570 g/mol. The molecule has 0 aliphatic heterocycles. The maximum atomic E-state index is 12.1. The van der Waals surface area contributed by atoms with Crippen molar-refractivity contribution in [2.45, 2.75) is 256 Å². The van der Waals surface area contributed by atoms with E-state index in [-0.39, 0.29) is 231 Å². The molecule has 1 rings (SSSR count). The maximum absolute atomic E-state index is 12.1. The van der Waals surface area contributed by atoms with Crippen molar-refractivity contribution in [2.24, 2.45) is 94.2 Å². The molecule has 636 valence electrons. The van der Waals surface area contributed by atoms with Crippen molar-refractivity contribution in [3.05, 3.63) is 35.9 Å². The number of hydrogen-bond acceptors (Lipinski definition) is 24. The number of thioether (sulfide) groups is 1. The molecule has 1 aromatic rings. The number of carbonyl (C=O) groups excluding carboxylic acids is 14. The summed E-state index contributed by atoms with van der Waals surface area (Å²) in [5.74, 6) is -2.80. The van der Waals surface area contributed by atoms with Crippen LogP contribution in [-0.4, -0.2) is 170 Å². The number of Topliss-reactive ketones (excluding diaryl/α,β-unsaturated/α-hetero) is 7. The number of rotatable bonds is 39. The van der Waals surface area contributed by atoms with Crippen LogP contribution in [0.15, 0.2) is 30.3 Å². The third kappa shape index (κ3) is 52.4. The zero-order valence-corrected chi connectivity index (χ0v) is 72.9. The maximum Gasteiger partial charge on any atom is 0.306 e. The lowest BCUT2D eigenvalue weighted by Gasteiger charge is -2.32. The van der Waals surface area contributed by atoms with E-state index in [0.717, 1.165) is 24.2 Å². The molecule has 0 saturated carbocycles. The molecule has 0 aliphatic rings. The van der Waals surface area contributed by atoms with Gasteiger partial charge in [-0.25, -0.2) is 0 Å². The number of esters is 7. The summed E-state index contributed by atoms with van der Waals surface area (Å²) >= 11 is 1.69. The first kappa shape index (κ1) is 118. The van der Waals surface area contributed by atoms with Crippen molar-refractivity contribution in [3.63, 3.8) is 0 Å². The molecule has 23 nitrogen and oxygen atoms in total. The Balaban J connectivity index is -0.000000182. The average Bonchev–Trinajstić information content (AvgIpc) is 0.818. The Labute approximate surface area is 663 Å². The number of methoxy groups -OCH3 is 9. The lowest BCUT2D eigenvalue weighted by atomic mass is 9.74. The Kier molecular flexibility index (Phi) is 69.5. The molecule has 0 aliphatic carbocycles. The van der Waals surface area contributed by atoms with Gasteiger partial charge < -0.3 is 42.6 Å². The van der Waals surface area contributed by atoms with Crippen LogP contribution in [0.5, 0.6) is 0 Å². The summed E-state index contributed by atoms with van der Waals surface area (Å²) in [6.45, 7) is 45.1. The zero-order chi connectivity index (χ0) is 85.2. The molecule has 9 atom stereocenters. The van der Waals surface area contributed by atoms with Crippen LogP contribution in [-0.2, 0) is 110 Å². The van der Waals surface area contributed by atoms with Gasteiger partial charge >= 0.3 is 41.8 Å². The molecule has 9 unspecified atom stereocenters. The lowest BCUT2D eigenvalue weighted by molar-refractivity contribution is -0.151. The number of ether oxygens (including phenoxy) is 9. The first-order valence-electron chi connectivity index (χ1n) is 37.2. The van der Waals surface area contributed by atoms with Crippen molar-refractivity contribution in [1.29, 1.82) is 0 Å². The second-order valence-corrected chi connectivity index (χ2v) is 31.5. The fraction of sp³-hybridized carbons (Fsp3) is 0.765. The predicted octanol–water partition coefficient (Wildman–Crippen LogP) is 16.1. The predicted molar refractivity (Wildman–Crippen MR) is 433 cm³/mol. The molecule has 0 amide bonds. The highest BCUT2D eigenvalue weighted by Crippen LogP contribution is 2.33. The molecule has 1 aromatic carbocycles. The van der Waals surface area contributed by atoms with Gasteiger partial charge in [0.05, 0.1) is 124 Å². The number of benzene rings is 1. The van der Waals surface area contributed by atoms with Crippen LogP contribution >= 0.6 is 11.8 Å². The fourth-order valence-corrected chi connectivity index (χ4v) is 10.8. The second-order valence-electron chi connectivity index (χ2n) is 30.5. The molecule has 109 heavy (non-hydrogen) atoms. The van der Waals surface area contributed by atoms with Gasteiger partial charge in [0.1, 0.15) is 40.5 Å². The van der Waals surface area contributed by atoms with E-state index in [0.29, 0.717) is 0 Å². The number of hydrogen-bond donors (Lipinski definition) is 0. The summed E-state index contributed by atoms with van der Waals surface area (Å²) in [5.41, 5.74) is 0.0158. The first-order chi connectivity index (χ1) is 49.3. The van der Waals surface area contributed by atoms with Gasteiger partial charge in [-0.2, -0.15) is 11.8 Å². The van der Waals surface area contributed by atoms with Crippen molar-refractivity contribution < 1.29 is 110 Å². The Hall–Kier alpha value is -6.53. The normalized spacial score (nSPS) is 13.3. The van der Waals surface area contributed by atoms with Crippen LogP contribution < -0.4 is 0 Å². The molecule has 0 spiro atoms. The number of carbonyl (C=O) groups is 14. The SMILES string of the molecule is C.C.CCC(C)C(CC(=O)OC)C(=O)C(C)C.COC(=O)CC(C(=O)C(C)C)C(C)(C)C.COC(=O)CC(C(=O)C(C)C)C(C)(C)OC.COC(=O)CC(C(=O)C(C)C)C(C)C.COC(=O)CC(C(=O)C(C)C)C(C)OC.COC(=O)CC(C(=O)C(C)C)c1ccccc1.COC(=O)CC(CCSC)C(=O)C(C)C. The van der Waals surface area contributed by atoms with Crippen LogP contribution in [0.25, 0.3) is 0 Å². The van der Waals surface area contributed by atoms with Crippen LogP contribution in [0.2, 0.25) is 0 Å². The molecule has 0 radical (unpaired) electrons. The van der Waals surface area contributed by atoms with E-state index in [2.05, 4.69) is 33.2 Å². The average molecular weight is 1570 g/mol. The number of ketones is 7. The Morgan fingerprint density at radius 2 is 0.670 bits per heavy atom. The van der Waals surface area contributed by atoms with E-state index in [1.54, 1.807) is 32.5 Å². The largest absolute Gasteiger partial charge is 0.469 e. The van der Waals surface area contributed by atoms with Gasteiger partial charge in [0.15, 0.2) is 0 Å². The smallest absolute Gasteiger partial charge is 0.306 e. The minimum Gasteiger partial charge on any atom is -0.469 e. The highest BCUT2D eigenvalue weighted by Gasteiger charge is 2.39. The van der Waals surface area contributed by atoms with Gasteiger partial charge in [-0.3, -0.25) is 67.1 Å². The molecule has 0 aromatic heterocycles. The summed E-state index contributed by atoms with van der Waals surface area (Å²) in [4.78, 5) is 162. The Bertz CT molecular complexity index is 2730. The lowest BCUT2D eigenvalue weighted by Crippen LogP contribution is -2.42. The molecular formula is C85H152O23S. The molecule has 0 N–H and O–H groups in total. The molecule has 0 bridgehead atoms. The Morgan fingerprint density at radius 1 is 0.367 bits per heavy atom. The van der Waals surface area contributed by atoms with Gasteiger partial charge in [-0.15, -0.1) is 0 Å². The third-order valence-electron chi connectivity index (χ3n) is 18.1. The van der Waals surface area contributed by atoms with Crippen LogP contribution in [0, 0.1) is 94.2 Å². The summed E-state index contributed by atoms with van der Waals surface area (Å²) in [6.07, 6.45) is 4.45. The van der Waals surface area contributed by atoms with Gasteiger partial charge in [0.2, 0.25) is 0 Å². The van der Waals surface area contributed by atoms with Crippen LogP contribution in [0.1, 0.15) is 250 Å². The third-order valence-corrected chi connectivity index (χ3v) is 18.8. The summed E-state index contributed by atoms with van der Waals surface area (Å²) < 4.78 is 42.6. The standard InChI is InChI=1S/C14H18O3.C12H22O4.2C12H22O3.C11H20O4.C11H20O3S.C11H20O3.2CH4/c1-10(2)14(16)12(9-13(15)17-3)11-7-5-4-6-8-11;1-8(2)11(14)9(7-10(13)15-5)12(3,4)16-6;1-8(2)11(14)9(12(3,4)5)7-10(13)15-6;1-6-9(4)10(7-11(13)15-5)12(14)8(2)3;1-7(2)11(13)9(8(3)14-4)6-10(12)15-5;1-8(2)11(13)9(5-6-15-4)7-10(12)14-3;1-7(2)9(6-10(12)14-5)11(13)8(3)4;;/h4-8,10,12H,9H2,1-3H3;8-9H,7H2,1-6H3;8-9H,7H2,1-6H3;8-10H,6-7H2,1-5H3;7-9H,6H2,1-5H3;8-9H,5-7H2,1-4H3;7-9H,6H2,1-5H3;2*1H4. The van der Waals surface area contributed by atoms with Gasteiger partial charge in [0.25, 0.3) is 0 Å². The molecule has 24 heteroatoms. The Morgan fingerprint density at radius 3 is 0.982 bits per heavy atom. The van der Waals surface area contributed by atoms with Crippen molar-refractivity contribution in [2.75, 3.05) is 76.0 Å². The molecule has 0 saturated heterocycles. The van der Waals surface area contributed by atoms with Gasteiger partial charge in [-0.05, 0) is 62.0 Å². The van der Waals surface area contributed by atoms with E-state index in [9.17, 15) is 67.1 Å². The van der Waals surface area contributed by atoms with Crippen LogP contribution in [0.4, 0.5) is 0 Å². The quantitative estimate of drug-likeness (QED) is 0.0436. The van der Waals surface area contributed by atoms with E-state index in [1.807, 2.05) is 182 Å². The second kappa shape index (κ2) is 64.0. The summed E-state index contributed by atoms with van der Waals surface area (Å²) in [6, 6.07) is 9.36. The van der Waals surface area contributed by atoms with Crippen molar-refractivity contribution in [1.82, 2.24) is 0 Å². The minimum atomic E-state index is -0.657. The molecular weight excluding hydrogens is 1420 g/mol. The van der Waals surface area contributed by atoms with Crippen molar-refractivity contribution >= 4 is 94.0 Å². The van der Waals surface area contributed by atoms with E-state index >= 15 is 0 Å². The van der Waals surface area contributed by atoms with E-state index in [1.165, 1.54) is 64.0 Å². The first-order valence-corrected chi connectivity index (χ1v) is 38.6. The molecule has 0 heterocycles. The van der Waals surface area contributed by atoms with E-state index < -0.39 is 23.4 Å². The van der Waals surface area contributed by atoms with E-state index in [4.69, 9.17) is 9.47 Å². The topological polar surface area (TPSA) is 322 Å². The van der Waals surface area contributed by atoms with Crippen LogP contribution in [0.3, 0.4) is 0 Å². The molecule has 0 fully saturated rings. The van der Waals surface area contributed by atoms with Gasteiger partial charge in [0, 0.05) is 79.3 Å². The highest BCUT2D eigenvalue weighted by atomic mass is 32.2. The zero-order valence-electron chi connectivity index (χ0n) is 72.1. The summed E-state index contributed by atoms with van der Waals surface area (Å²) in [7, 11) is 12.4.